The highest BCUT2D eigenvalue weighted by Crippen LogP contribution is 2.27. The van der Waals surface area contributed by atoms with Crippen molar-refractivity contribution in [3.8, 4) is 11.4 Å². The van der Waals surface area contributed by atoms with Crippen LogP contribution in [-0.2, 0) is 4.79 Å². The van der Waals surface area contributed by atoms with Crippen molar-refractivity contribution >= 4 is 35.0 Å². The Balaban J connectivity index is 1.67. The van der Waals surface area contributed by atoms with E-state index >= 15 is 0 Å². The van der Waals surface area contributed by atoms with E-state index in [0.717, 1.165) is 16.6 Å². The number of methoxy groups -OCH3 is 1. The molecule has 5 nitrogen and oxygen atoms in total. The minimum absolute atomic E-state index is 0.109. The van der Waals surface area contributed by atoms with Crippen LogP contribution in [0.25, 0.3) is 5.69 Å². The fourth-order valence-electron chi connectivity index (χ4n) is 2.27. The summed E-state index contributed by atoms with van der Waals surface area (Å²) >= 11 is 7.20. The van der Waals surface area contributed by atoms with Crippen molar-refractivity contribution in [3.63, 3.8) is 0 Å². The van der Waals surface area contributed by atoms with Crippen LogP contribution in [0.3, 0.4) is 0 Å². The van der Waals surface area contributed by atoms with Crippen LogP contribution < -0.4 is 10.1 Å². The summed E-state index contributed by atoms with van der Waals surface area (Å²) in [4.78, 5) is 16.5. The van der Waals surface area contributed by atoms with Crippen LogP contribution >= 0.6 is 23.4 Å². The van der Waals surface area contributed by atoms with Gasteiger partial charge in [0.05, 0.1) is 18.6 Å². The molecule has 0 aliphatic rings. The molecule has 0 aliphatic heterocycles. The molecule has 1 amide bonds. The summed E-state index contributed by atoms with van der Waals surface area (Å²) in [6.07, 6.45) is 3.54. The second-order valence-electron chi connectivity index (χ2n) is 5.10. The van der Waals surface area contributed by atoms with Gasteiger partial charge in [-0.2, -0.15) is 0 Å². The number of carbonyl (C=O) groups is 1. The summed E-state index contributed by atoms with van der Waals surface area (Å²) in [5.41, 5.74) is 1.59. The Bertz CT molecular complexity index is 865. The lowest BCUT2D eigenvalue weighted by Crippen LogP contribution is -2.14. The zero-order valence-electron chi connectivity index (χ0n) is 13.5. The summed E-state index contributed by atoms with van der Waals surface area (Å²) in [7, 11) is 1.63. The zero-order valence-corrected chi connectivity index (χ0v) is 15.1. The van der Waals surface area contributed by atoms with E-state index < -0.39 is 0 Å². The molecule has 1 aromatic heterocycles. The van der Waals surface area contributed by atoms with Gasteiger partial charge in [-0.3, -0.25) is 9.36 Å². The first-order chi connectivity index (χ1) is 12.2. The molecule has 1 heterocycles. The molecule has 25 heavy (non-hydrogen) atoms. The minimum atomic E-state index is -0.109. The van der Waals surface area contributed by atoms with Gasteiger partial charge in [0.15, 0.2) is 5.16 Å². The Hall–Kier alpha value is -2.44. The number of amides is 1. The van der Waals surface area contributed by atoms with Gasteiger partial charge in [-0.05, 0) is 36.4 Å². The number of nitrogens with one attached hydrogen (secondary N) is 1. The van der Waals surface area contributed by atoms with E-state index in [2.05, 4.69) is 10.3 Å². The van der Waals surface area contributed by atoms with Gasteiger partial charge in [0, 0.05) is 23.1 Å². The summed E-state index contributed by atoms with van der Waals surface area (Å²) < 4.78 is 7.29. The number of aromatic nitrogens is 2. The summed E-state index contributed by atoms with van der Waals surface area (Å²) in [6.45, 7) is 0. The molecular weight excluding hydrogens is 358 g/mol. The summed E-state index contributed by atoms with van der Waals surface area (Å²) in [5, 5.41) is 4.18. The van der Waals surface area contributed by atoms with Gasteiger partial charge in [0.1, 0.15) is 5.75 Å². The monoisotopic (exact) mass is 373 g/mol. The zero-order chi connectivity index (χ0) is 17.6. The molecule has 7 heteroatoms. The third-order valence-corrected chi connectivity index (χ3v) is 4.63. The quantitative estimate of drug-likeness (QED) is 0.656. The number of benzene rings is 2. The standard InChI is InChI=1S/C18H16ClN3O2S/c1-24-16-5-3-2-4-15(16)22-11-10-20-18(22)25-12-17(23)21-14-8-6-13(19)7-9-14/h2-11H,12H2,1H3,(H,21,23). The lowest BCUT2D eigenvalue weighted by Gasteiger charge is -2.11. The predicted octanol–water partition coefficient (Wildman–Crippen LogP) is 4.27. The van der Waals surface area contributed by atoms with Crippen LogP contribution in [0.4, 0.5) is 5.69 Å². The van der Waals surface area contributed by atoms with Crippen molar-refractivity contribution in [2.24, 2.45) is 0 Å². The van der Waals surface area contributed by atoms with Crippen LogP contribution in [0.2, 0.25) is 5.02 Å². The maximum atomic E-state index is 12.1. The summed E-state index contributed by atoms with van der Waals surface area (Å²) in [6, 6.07) is 14.7. The van der Waals surface area contributed by atoms with E-state index in [9.17, 15) is 4.79 Å². The largest absolute Gasteiger partial charge is 0.495 e. The smallest absolute Gasteiger partial charge is 0.234 e. The molecule has 0 aliphatic carbocycles. The van der Waals surface area contributed by atoms with Crippen LogP contribution in [0.15, 0.2) is 66.1 Å². The lowest BCUT2D eigenvalue weighted by molar-refractivity contribution is -0.113. The number of para-hydroxylation sites is 2. The Morgan fingerprint density at radius 2 is 2.00 bits per heavy atom. The van der Waals surface area contributed by atoms with Gasteiger partial charge in [-0.15, -0.1) is 0 Å². The number of nitrogens with zero attached hydrogens (tertiary/aromatic N) is 2. The van der Waals surface area contributed by atoms with Crippen molar-refractivity contribution < 1.29 is 9.53 Å². The third-order valence-electron chi connectivity index (χ3n) is 3.41. The third kappa shape index (κ3) is 4.35. The lowest BCUT2D eigenvalue weighted by atomic mass is 10.3. The maximum absolute atomic E-state index is 12.1. The van der Waals surface area contributed by atoms with Gasteiger partial charge in [0.25, 0.3) is 0 Å². The average molecular weight is 374 g/mol. The van der Waals surface area contributed by atoms with Gasteiger partial charge in [-0.1, -0.05) is 35.5 Å². The molecule has 0 bridgehead atoms. The molecule has 0 unspecified atom stereocenters. The number of imidazole rings is 1. The Morgan fingerprint density at radius 1 is 1.24 bits per heavy atom. The highest BCUT2D eigenvalue weighted by Gasteiger charge is 2.12. The van der Waals surface area contributed by atoms with E-state index in [1.165, 1.54) is 11.8 Å². The fraction of sp³-hybridized carbons (Fsp3) is 0.111. The van der Waals surface area contributed by atoms with E-state index in [1.807, 2.05) is 35.0 Å². The van der Waals surface area contributed by atoms with Crippen molar-refractivity contribution in [2.45, 2.75) is 5.16 Å². The maximum Gasteiger partial charge on any atom is 0.234 e. The first-order valence-electron chi connectivity index (χ1n) is 7.52. The molecule has 0 spiro atoms. The number of ether oxygens (including phenoxy) is 1. The van der Waals surface area contributed by atoms with Gasteiger partial charge in [0.2, 0.25) is 5.91 Å². The molecule has 2 aromatic carbocycles. The van der Waals surface area contributed by atoms with Crippen molar-refractivity contribution in [1.82, 2.24) is 9.55 Å². The molecule has 3 rings (SSSR count). The molecule has 0 saturated heterocycles. The number of carbonyl (C=O) groups excluding carboxylic acids is 1. The van der Waals surface area contributed by atoms with Crippen molar-refractivity contribution in [1.29, 1.82) is 0 Å². The van der Waals surface area contributed by atoms with Crippen LogP contribution in [0.5, 0.6) is 5.75 Å². The number of hydrogen-bond donors (Lipinski definition) is 1. The Kier molecular flexibility index (Phi) is 5.63. The van der Waals surface area contributed by atoms with E-state index in [-0.39, 0.29) is 11.7 Å². The normalized spacial score (nSPS) is 10.5. The molecular formula is C18H16ClN3O2S. The van der Waals surface area contributed by atoms with Gasteiger partial charge in [-0.25, -0.2) is 4.98 Å². The molecule has 0 saturated carbocycles. The number of halogens is 1. The first-order valence-corrected chi connectivity index (χ1v) is 8.88. The van der Waals surface area contributed by atoms with Crippen molar-refractivity contribution in [3.05, 3.63) is 65.9 Å². The Labute approximate surface area is 155 Å². The Morgan fingerprint density at radius 3 is 2.76 bits per heavy atom. The first kappa shape index (κ1) is 17.4. The van der Waals surface area contributed by atoms with E-state index in [4.69, 9.17) is 16.3 Å². The van der Waals surface area contributed by atoms with Gasteiger partial charge >= 0.3 is 0 Å². The summed E-state index contributed by atoms with van der Waals surface area (Å²) in [5.74, 6) is 0.879. The van der Waals surface area contributed by atoms with Crippen LogP contribution in [0.1, 0.15) is 0 Å². The second kappa shape index (κ2) is 8.09. The number of hydrogen-bond acceptors (Lipinski definition) is 4. The van der Waals surface area contributed by atoms with E-state index in [0.29, 0.717) is 10.7 Å². The van der Waals surface area contributed by atoms with E-state index in [1.54, 1.807) is 37.6 Å². The highest BCUT2D eigenvalue weighted by molar-refractivity contribution is 7.99. The number of thioether (sulfide) groups is 1. The average Bonchev–Trinajstić information content (AvgIpc) is 3.10. The van der Waals surface area contributed by atoms with Crippen molar-refractivity contribution in [2.75, 3.05) is 18.2 Å². The van der Waals surface area contributed by atoms with Crippen LogP contribution in [-0.4, -0.2) is 28.3 Å². The molecule has 0 atom stereocenters. The highest BCUT2D eigenvalue weighted by atomic mass is 35.5. The topological polar surface area (TPSA) is 56.2 Å². The molecule has 3 aromatic rings. The van der Waals surface area contributed by atoms with Crippen LogP contribution in [0, 0.1) is 0 Å². The molecule has 0 radical (unpaired) electrons. The fourth-order valence-corrected chi connectivity index (χ4v) is 3.16. The van der Waals surface area contributed by atoms with Gasteiger partial charge < -0.3 is 10.1 Å². The molecule has 1 N–H and O–H groups in total. The molecule has 0 fully saturated rings. The number of rotatable bonds is 6. The number of anilines is 1. The molecule has 128 valence electrons. The predicted molar refractivity (Wildman–Crippen MR) is 101 cm³/mol. The second-order valence-corrected chi connectivity index (χ2v) is 6.47. The SMILES string of the molecule is COc1ccccc1-n1ccnc1SCC(=O)Nc1ccc(Cl)cc1. The minimum Gasteiger partial charge on any atom is -0.495 e.